The van der Waals surface area contributed by atoms with E-state index >= 15 is 0 Å². The van der Waals surface area contributed by atoms with Crippen molar-refractivity contribution in [1.29, 1.82) is 0 Å². The van der Waals surface area contributed by atoms with Crippen molar-refractivity contribution in [3.05, 3.63) is 77.5 Å². The highest BCUT2D eigenvalue weighted by atomic mass is 16.5. The highest BCUT2D eigenvalue weighted by Gasteiger charge is 2.20. The first-order chi connectivity index (χ1) is 17.2. The Bertz CT molecular complexity index is 1250. The van der Waals surface area contributed by atoms with E-state index in [2.05, 4.69) is 47.8 Å². The molecule has 35 heavy (non-hydrogen) atoms. The van der Waals surface area contributed by atoms with Crippen LogP contribution in [0.4, 0.5) is 5.95 Å². The van der Waals surface area contributed by atoms with Crippen molar-refractivity contribution in [2.24, 2.45) is 0 Å². The second-order valence-electron chi connectivity index (χ2n) is 9.14. The third-order valence-electron chi connectivity index (χ3n) is 6.17. The molecule has 1 aliphatic rings. The lowest BCUT2D eigenvalue weighted by atomic mass is 10.1. The summed E-state index contributed by atoms with van der Waals surface area (Å²) in [4.78, 5) is 9.41. The van der Waals surface area contributed by atoms with Crippen molar-refractivity contribution in [3.8, 4) is 11.8 Å². The zero-order valence-corrected chi connectivity index (χ0v) is 20.3. The summed E-state index contributed by atoms with van der Waals surface area (Å²) in [6.45, 7) is 7.15. The van der Waals surface area contributed by atoms with Crippen LogP contribution < -0.4 is 20.1 Å². The molecule has 5 rings (SSSR count). The fourth-order valence-electron chi connectivity index (χ4n) is 4.22. The smallest absolute Gasteiger partial charge is 0.322 e. The van der Waals surface area contributed by atoms with Gasteiger partial charge in [0, 0.05) is 24.2 Å². The molecule has 3 heterocycles. The van der Waals surface area contributed by atoms with Gasteiger partial charge in [-0.2, -0.15) is 19.6 Å². The van der Waals surface area contributed by atoms with Gasteiger partial charge >= 0.3 is 6.01 Å². The topological polar surface area (TPSA) is 85.6 Å². The SMILES string of the molecule is CC(C)c1cnn2c(NCc3ccccc3OCc3ccccc3)nc(O[C@@H]3CCCNC3)nc12. The highest BCUT2D eigenvalue weighted by Crippen LogP contribution is 2.25. The average molecular weight is 473 g/mol. The standard InChI is InChI=1S/C27H32N6O2/c1-19(2)23-17-30-33-25(23)31-27(35-22-12-8-14-28-16-22)32-26(33)29-15-21-11-6-7-13-24(21)34-18-20-9-4-3-5-10-20/h3-7,9-11,13,17,19,22,28H,8,12,14-16,18H2,1-2H3,(H,29,31,32)/t22-/m1/s1. The number of rotatable bonds is 9. The van der Waals surface area contributed by atoms with Gasteiger partial charge in [0.25, 0.3) is 0 Å². The van der Waals surface area contributed by atoms with Crippen molar-refractivity contribution >= 4 is 11.6 Å². The van der Waals surface area contributed by atoms with Crippen LogP contribution in [0.1, 0.15) is 49.3 Å². The van der Waals surface area contributed by atoms with E-state index in [-0.39, 0.29) is 12.0 Å². The van der Waals surface area contributed by atoms with Crippen molar-refractivity contribution in [1.82, 2.24) is 24.9 Å². The molecule has 0 bridgehead atoms. The molecule has 8 nitrogen and oxygen atoms in total. The van der Waals surface area contributed by atoms with Crippen LogP contribution in [0.3, 0.4) is 0 Å². The molecule has 0 saturated carbocycles. The lowest BCUT2D eigenvalue weighted by Crippen LogP contribution is -2.37. The summed E-state index contributed by atoms with van der Waals surface area (Å²) in [5.41, 5.74) is 3.99. The monoisotopic (exact) mass is 472 g/mol. The van der Waals surface area contributed by atoms with Gasteiger partial charge in [0.2, 0.25) is 5.95 Å². The lowest BCUT2D eigenvalue weighted by molar-refractivity contribution is 0.153. The Kier molecular flexibility index (Phi) is 7.09. The van der Waals surface area contributed by atoms with Crippen LogP contribution >= 0.6 is 0 Å². The second kappa shape index (κ2) is 10.7. The molecule has 1 atom stereocenters. The summed E-state index contributed by atoms with van der Waals surface area (Å²) in [5.74, 6) is 1.72. The minimum Gasteiger partial charge on any atom is -0.489 e. The molecule has 0 spiro atoms. The van der Waals surface area contributed by atoms with Crippen LogP contribution in [0.5, 0.6) is 11.8 Å². The number of hydrogen-bond acceptors (Lipinski definition) is 7. The molecule has 8 heteroatoms. The fraction of sp³-hybridized carbons (Fsp3) is 0.370. The Labute approximate surface area is 205 Å². The minimum atomic E-state index is 0.0663. The summed E-state index contributed by atoms with van der Waals surface area (Å²) >= 11 is 0. The zero-order valence-electron chi connectivity index (χ0n) is 20.3. The van der Waals surface area contributed by atoms with Gasteiger partial charge in [-0.25, -0.2) is 0 Å². The zero-order chi connectivity index (χ0) is 24.0. The molecule has 1 saturated heterocycles. The largest absolute Gasteiger partial charge is 0.489 e. The van der Waals surface area contributed by atoms with E-state index in [4.69, 9.17) is 19.4 Å². The predicted octanol–water partition coefficient (Wildman–Crippen LogP) is 4.57. The molecule has 1 aliphatic heterocycles. The fourth-order valence-corrected chi connectivity index (χ4v) is 4.22. The lowest BCUT2D eigenvalue weighted by Gasteiger charge is -2.23. The quantitative estimate of drug-likeness (QED) is 0.369. The Hall–Kier alpha value is -3.65. The number of nitrogens with one attached hydrogen (secondary N) is 2. The Balaban J connectivity index is 1.38. The van der Waals surface area contributed by atoms with E-state index in [9.17, 15) is 0 Å². The van der Waals surface area contributed by atoms with E-state index < -0.39 is 0 Å². The molecule has 2 N–H and O–H groups in total. The molecule has 0 aliphatic carbocycles. The third-order valence-corrected chi connectivity index (χ3v) is 6.17. The highest BCUT2D eigenvalue weighted by molar-refractivity contribution is 5.53. The van der Waals surface area contributed by atoms with Gasteiger partial charge in [-0.15, -0.1) is 0 Å². The van der Waals surface area contributed by atoms with Crippen molar-refractivity contribution in [3.63, 3.8) is 0 Å². The van der Waals surface area contributed by atoms with E-state index in [1.807, 2.05) is 42.6 Å². The van der Waals surface area contributed by atoms with Crippen molar-refractivity contribution in [2.75, 3.05) is 18.4 Å². The molecule has 2 aromatic carbocycles. The Morgan fingerprint density at radius 2 is 1.91 bits per heavy atom. The van der Waals surface area contributed by atoms with E-state index in [0.717, 1.165) is 54.0 Å². The van der Waals surface area contributed by atoms with Gasteiger partial charge in [-0.05, 0) is 36.9 Å². The molecule has 0 unspecified atom stereocenters. The molecule has 0 radical (unpaired) electrons. The molecule has 2 aromatic heterocycles. The molecule has 4 aromatic rings. The van der Waals surface area contributed by atoms with Crippen molar-refractivity contribution < 1.29 is 9.47 Å². The Morgan fingerprint density at radius 1 is 1.09 bits per heavy atom. The van der Waals surface area contributed by atoms with E-state index in [1.54, 1.807) is 4.52 Å². The second-order valence-corrected chi connectivity index (χ2v) is 9.14. The first kappa shape index (κ1) is 23.1. The summed E-state index contributed by atoms with van der Waals surface area (Å²) in [5, 5.41) is 11.4. The van der Waals surface area contributed by atoms with Crippen LogP contribution in [0, 0.1) is 0 Å². The maximum absolute atomic E-state index is 6.18. The maximum atomic E-state index is 6.18. The van der Waals surface area contributed by atoms with Gasteiger partial charge in [-0.3, -0.25) is 0 Å². The minimum absolute atomic E-state index is 0.0663. The summed E-state index contributed by atoms with van der Waals surface area (Å²) in [6.07, 6.45) is 4.01. The van der Waals surface area contributed by atoms with Crippen LogP contribution in [0.15, 0.2) is 60.8 Å². The van der Waals surface area contributed by atoms with Crippen LogP contribution in [-0.2, 0) is 13.2 Å². The molecule has 1 fully saturated rings. The summed E-state index contributed by atoms with van der Waals surface area (Å²) in [6, 6.07) is 18.6. The molecule has 182 valence electrons. The number of anilines is 1. The third kappa shape index (κ3) is 5.54. The normalized spacial score (nSPS) is 15.9. The summed E-state index contributed by atoms with van der Waals surface area (Å²) in [7, 11) is 0. The van der Waals surface area contributed by atoms with Crippen molar-refractivity contribution in [2.45, 2.75) is 51.9 Å². The van der Waals surface area contributed by atoms with E-state index in [1.165, 1.54) is 0 Å². The maximum Gasteiger partial charge on any atom is 0.322 e. The van der Waals surface area contributed by atoms with Gasteiger partial charge < -0.3 is 20.1 Å². The molecular formula is C27H32N6O2. The number of ether oxygens (including phenoxy) is 2. The number of benzene rings is 2. The first-order valence-corrected chi connectivity index (χ1v) is 12.3. The molecule has 0 amide bonds. The van der Waals surface area contributed by atoms with Gasteiger partial charge in [-0.1, -0.05) is 62.4 Å². The number of fused-ring (bicyclic) bond motifs is 1. The van der Waals surface area contributed by atoms with Crippen LogP contribution in [0.2, 0.25) is 0 Å². The number of piperidine rings is 1. The van der Waals surface area contributed by atoms with Gasteiger partial charge in [0.15, 0.2) is 5.65 Å². The number of hydrogen-bond donors (Lipinski definition) is 2. The number of para-hydroxylation sites is 1. The summed E-state index contributed by atoms with van der Waals surface area (Å²) < 4.78 is 14.1. The number of nitrogens with zero attached hydrogens (tertiary/aromatic N) is 4. The van der Waals surface area contributed by atoms with Crippen LogP contribution in [0.25, 0.3) is 5.65 Å². The predicted molar refractivity (Wildman–Crippen MR) is 136 cm³/mol. The number of aromatic nitrogens is 4. The Morgan fingerprint density at radius 3 is 2.71 bits per heavy atom. The van der Waals surface area contributed by atoms with Crippen LogP contribution in [-0.4, -0.2) is 38.8 Å². The first-order valence-electron chi connectivity index (χ1n) is 12.3. The van der Waals surface area contributed by atoms with Gasteiger partial charge in [0.1, 0.15) is 18.5 Å². The molecular weight excluding hydrogens is 440 g/mol. The van der Waals surface area contributed by atoms with E-state index in [0.29, 0.717) is 25.1 Å². The average Bonchev–Trinajstić information content (AvgIpc) is 3.32. The van der Waals surface area contributed by atoms with Gasteiger partial charge in [0.05, 0.1) is 6.20 Å².